The topological polar surface area (TPSA) is 84.7 Å². The van der Waals surface area contributed by atoms with Gasteiger partial charge in [0.2, 0.25) is 5.91 Å². The molecular weight excluding hydrogens is 283 g/mol. The standard InChI is InChI=1S/C16H11FN4O/c17-13-5-11(7-15(19)22)16-12(6-13)9-21(20-16)14-3-1-10(8-18)2-4-14/h1-6,9H,7H2,(H2,19,22). The Morgan fingerprint density at radius 1 is 1.32 bits per heavy atom. The lowest BCUT2D eigenvalue weighted by Crippen LogP contribution is -2.14. The van der Waals surface area contributed by atoms with Gasteiger partial charge in [0.25, 0.3) is 0 Å². The first kappa shape index (κ1) is 13.8. The molecule has 2 aromatic carbocycles. The summed E-state index contributed by atoms with van der Waals surface area (Å²) in [7, 11) is 0. The van der Waals surface area contributed by atoms with Gasteiger partial charge in [0, 0.05) is 11.6 Å². The van der Waals surface area contributed by atoms with Crippen molar-refractivity contribution in [1.29, 1.82) is 5.26 Å². The number of benzene rings is 2. The van der Waals surface area contributed by atoms with Crippen LogP contribution in [0, 0.1) is 17.1 Å². The molecule has 0 radical (unpaired) electrons. The van der Waals surface area contributed by atoms with Crippen LogP contribution in [-0.4, -0.2) is 15.7 Å². The summed E-state index contributed by atoms with van der Waals surface area (Å²) in [6, 6.07) is 11.5. The maximum absolute atomic E-state index is 13.6. The van der Waals surface area contributed by atoms with Crippen LogP contribution in [0.25, 0.3) is 16.6 Å². The third kappa shape index (κ3) is 2.52. The number of nitriles is 1. The molecule has 5 nitrogen and oxygen atoms in total. The number of hydrogen-bond acceptors (Lipinski definition) is 3. The average molecular weight is 294 g/mol. The monoisotopic (exact) mass is 294 g/mol. The third-order valence-electron chi connectivity index (χ3n) is 3.28. The van der Waals surface area contributed by atoms with Gasteiger partial charge >= 0.3 is 0 Å². The SMILES string of the molecule is N#Cc1ccc(-n2cc3cc(F)cc(CC(N)=O)c3n2)cc1. The summed E-state index contributed by atoms with van der Waals surface area (Å²) < 4.78 is 15.2. The molecule has 0 atom stereocenters. The van der Waals surface area contributed by atoms with Gasteiger partial charge < -0.3 is 5.73 Å². The second kappa shape index (κ2) is 5.30. The molecule has 3 aromatic rings. The van der Waals surface area contributed by atoms with Gasteiger partial charge in [-0.25, -0.2) is 9.07 Å². The highest BCUT2D eigenvalue weighted by atomic mass is 19.1. The average Bonchev–Trinajstić information content (AvgIpc) is 2.90. The van der Waals surface area contributed by atoms with Gasteiger partial charge in [-0.1, -0.05) is 0 Å². The number of carbonyl (C=O) groups is 1. The summed E-state index contributed by atoms with van der Waals surface area (Å²) >= 11 is 0. The lowest BCUT2D eigenvalue weighted by atomic mass is 10.1. The molecule has 0 saturated carbocycles. The van der Waals surface area contributed by atoms with Crippen molar-refractivity contribution in [3.8, 4) is 11.8 Å². The van der Waals surface area contributed by atoms with Crippen molar-refractivity contribution in [2.45, 2.75) is 6.42 Å². The number of amides is 1. The molecule has 0 bridgehead atoms. The minimum Gasteiger partial charge on any atom is -0.369 e. The zero-order valence-corrected chi connectivity index (χ0v) is 11.5. The summed E-state index contributed by atoms with van der Waals surface area (Å²) in [6.45, 7) is 0. The van der Waals surface area contributed by atoms with Crippen molar-refractivity contribution >= 4 is 16.8 Å². The summed E-state index contributed by atoms with van der Waals surface area (Å²) in [5.74, 6) is -0.983. The Morgan fingerprint density at radius 3 is 2.68 bits per heavy atom. The molecule has 0 fully saturated rings. The van der Waals surface area contributed by atoms with Crippen LogP contribution in [0.5, 0.6) is 0 Å². The molecule has 22 heavy (non-hydrogen) atoms. The molecule has 1 amide bonds. The van der Waals surface area contributed by atoms with Gasteiger partial charge in [-0.15, -0.1) is 0 Å². The Hall–Kier alpha value is -3.20. The molecule has 0 aliphatic carbocycles. The number of rotatable bonds is 3. The lowest BCUT2D eigenvalue weighted by Gasteiger charge is -2.01. The van der Waals surface area contributed by atoms with Crippen LogP contribution in [0.2, 0.25) is 0 Å². The number of aromatic nitrogens is 2. The van der Waals surface area contributed by atoms with E-state index in [0.717, 1.165) is 5.69 Å². The maximum Gasteiger partial charge on any atom is 0.221 e. The van der Waals surface area contributed by atoms with E-state index in [1.54, 1.807) is 35.1 Å². The molecule has 6 heteroatoms. The smallest absolute Gasteiger partial charge is 0.221 e. The van der Waals surface area contributed by atoms with Crippen molar-refractivity contribution in [1.82, 2.24) is 9.78 Å². The van der Waals surface area contributed by atoms with Crippen molar-refractivity contribution in [2.75, 3.05) is 0 Å². The molecule has 0 unspecified atom stereocenters. The van der Waals surface area contributed by atoms with Crippen molar-refractivity contribution < 1.29 is 9.18 Å². The van der Waals surface area contributed by atoms with Gasteiger partial charge in [-0.05, 0) is 42.0 Å². The summed E-state index contributed by atoms with van der Waals surface area (Å²) in [4.78, 5) is 11.1. The van der Waals surface area contributed by atoms with Crippen LogP contribution >= 0.6 is 0 Å². The zero-order chi connectivity index (χ0) is 15.7. The van der Waals surface area contributed by atoms with E-state index in [4.69, 9.17) is 11.0 Å². The Balaban J connectivity index is 2.12. The van der Waals surface area contributed by atoms with E-state index in [1.807, 2.05) is 6.07 Å². The lowest BCUT2D eigenvalue weighted by molar-refractivity contribution is -0.117. The number of carbonyl (C=O) groups excluding carboxylic acids is 1. The summed E-state index contributed by atoms with van der Waals surface area (Å²) in [5.41, 5.74) is 7.45. The molecule has 0 spiro atoms. The number of nitrogens with two attached hydrogens (primary N) is 1. The predicted molar refractivity (Wildman–Crippen MR) is 78.6 cm³/mol. The van der Waals surface area contributed by atoms with Gasteiger partial charge in [-0.3, -0.25) is 4.79 Å². The number of hydrogen-bond donors (Lipinski definition) is 1. The van der Waals surface area contributed by atoms with Crippen LogP contribution in [0.1, 0.15) is 11.1 Å². The first-order chi connectivity index (χ1) is 10.6. The molecule has 108 valence electrons. The molecule has 1 heterocycles. The highest BCUT2D eigenvalue weighted by Gasteiger charge is 2.11. The van der Waals surface area contributed by atoms with Crippen molar-refractivity contribution in [2.24, 2.45) is 5.73 Å². The van der Waals surface area contributed by atoms with Crippen molar-refractivity contribution in [3.63, 3.8) is 0 Å². The number of fused-ring (bicyclic) bond motifs is 1. The van der Waals surface area contributed by atoms with E-state index in [1.165, 1.54) is 12.1 Å². The fourth-order valence-electron chi connectivity index (χ4n) is 2.31. The Labute approximate surface area is 125 Å². The minimum absolute atomic E-state index is 0.0708. The van der Waals surface area contributed by atoms with Gasteiger partial charge in [0.15, 0.2) is 0 Å². The molecule has 3 rings (SSSR count). The number of primary amides is 1. The van der Waals surface area contributed by atoms with E-state index in [2.05, 4.69) is 5.10 Å². The fourth-order valence-corrected chi connectivity index (χ4v) is 2.31. The second-order valence-electron chi connectivity index (χ2n) is 4.88. The molecule has 0 aliphatic rings. The third-order valence-corrected chi connectivity index (χ3v) is 3.28. The fraction of sp³-hybridized carbons (Fsp3) is 0.0625. The number of halogens is 1. The molecule has 2 N–H and O–H groups in total. The van der Waals surface area contributed by atoms with Crippen LogP contribution in [0.4, 0.5) is 4.39 Å². The van der Waals surface area contributed by atoms with E-state index in [0.29, 0.717) is 22.0 Å². The highest BCUT2D eigenvalue weighted by molar-refractivity contribution is 5.87. The quantitative estimate of drug-likeness (QED) is 0.802. The zero-order valence-electron chi connectivity index (χ0n) is 11.5. The van der Waals surface area contributed by atoms with Crippen molar-refractivity contribution in [3.05, 3.63) is 59.5 Å². The largest absolute Gasteiger partial charge is 0.369 e. The molecular formula is C16H11FN4O. The molecule has 0 aliphatic heterocycles. The van der Waals surface area contributed by atoms with E-state index in [9.17, 15) is 9.18 Å². The second-order valence-corrected chi connectivity index (χ2v) is 4.88. The number of nitrogens with zero attached hydrogens (tertiary/aromatic N) is 3. The van der Waals surface area contributed by atoms with E-state index in [-0.39, 0.29) is 6.42 Å². The molecule has 0 saturated heterocycles. The van der Waals surface area contributed by atoms with E-state index < -0.39 is 11.7 Å². The summed E-state index contributed by atoms with van der Waals surface area (Å²) in [5, 5.41) is 13.8. The Morgan fingerprint density at radius 2 is 2.05 bits per heavy atom. The predicted octanol–water partition coefficient (Wildman–Crippen LogP) is 2.06. The molecule has 1 aromatic heterocycles. The van der Waals surface area contributed by atoms with Gasteiger partial charge in [-0.2, -0.15) is 10.4 Å². The normalized spacial score (nSPS) is 10.5. The Kier molecular flexibility index (Phi) is 3.31. The Bertz CT molecular complexity index is 906. The van der Waals surface area contributed by atoms with Gasteiger partial charge in [0.05, 0.1) is 29.3 Å². The maximum atomic E-state index is 13.6. The van der Waals surface area contributed by atoms with Crippen LogP contribution in [-0.2, 0) is 11.2 Å². The van der Waals surface area contributed by atoms with Crippen LogP contribution in [0.15, 0.2) is 42.6 Å². The minimum atomic E-state index is -0.542. The highest BCUT2D eigenvalue weighted by Crippen LogP contribution is 2.22. The van der Waals surface area contributed by atoms with Crippen LogP contribution in [0.3, 0.4) is 0 Å². The van der Waals surface area contributed by atoms with Gasteiger partial charge in [0.1, 0.15) is 5.82 Å². The first-order valence-electron chi connectivity index (χ1n) is 6.53. The van der Waals surface area contributed by atoms with E-state index >= 15 is 0 Å². The van der Waals surface area contributed by atoms with Crippen LogP contribution < -0.4 is 5.73 Å². The summed E-state index contributed by atoms with van der Waals surface area (Å²) in [6.07, 6.45) is 1.60. The first-order valence-corrected chi connectivity index (χ1v) is 6.53.